The zero-order chi connectivity index (χ0) is 15.0. The molecule has 0 N–H and O–H groups in total. The number of carbonyl (C=O) groups excluding carboxylic acids is 1. The van der Waals surface area contributed by atoms with Crippen molar-refractivity contribution in [1.29, 1.82) is 0 Å². The molecule has 0 saturated carbocycles. The van der Waals surface area contributed by atoms with E-state index in [4.69, 9.17) is 9.78 Å². The molecule has 0 amide bonds. The van der Waals surface area contributed by atoms with E-state index < -0.39 is 5.97 Å². The van der Waals surface area contributed by atoms with Gasteiger partial charge in [-0.2, -0.15) is 4.89 Å². The van der Waals surface area contributed by atoms with Gasteiger partial charge in [-0.15, -0.1) is 0 Å². The molecule has 3 nitrogen and oxygen atoms in total. The Bertz CT molecular complexity index is 406. The first-order valence-corrected chi connectivity index (χ1v) is 7.50. The molecular formula is C17H26O3. The molecule has 0 aromatic heterocycles. The predicted octanol–water partition coefficient (Wildman–Crippen LogP) is 4.75. The van der Waals surface area contributed by atoms with E-state index in [1.807, 2.05) is 39.0 Å². The average molecular weight is 278 g/mol. The Balaban J connectivity index is 2.39. The maximum Gasteiger partial charge on any atom is 0.373 e. The van der Waals surface area contributed by atoms with Crippen molar-refractivity contribution in [1.82, 2.24) is 0 Å². The standard InChI is InChI=1S/C17H26O3/c1-5-6-7-8-12-15(4)19-20-17(18)16-13(2)10-9-11-14(16)3/h9-11,15H,5-8,12H2,1-4H3. The summed E-state index contributed by atoms with van der Waals surface area (Å²) >= 11 is 0. The van der Waals surface area contributed by atoms with E-state index in [-0.39, 0.29) is 6.10 Å². The maximum atomic E-state index is 12.0. The van der Waals surface area contributed by atoms with Gasteiger partial charge in [0.25, 0.3) is 0 Å². The van der Waals surface area contributed by atoms with Gasteiger partial charge in [0.2, 0.25) is 0 Å². The first-order chi connectivity index (χ1) is 9.56. The third kappa shape index (κ3) is 5.33. The molecule has 0 aliphatic carbocycles. The van der Waals surface area contributed by atoms with Crippen molar-refractivity contribution >= 4 is 5.97 Å². The van der Waals surface area contributed by atoms with Gasteiger partial charge in [0.05, 0.1) is 5.56 Å². The zero-order valence-corrected chi connectivity index (χ0v) is 13.1. The second-order valence-corrected chi connectivity index (χ2v) is 5.39. The third-order valence-corrected chi connectivity index (χ3v) is 3.44. The van der Waals surface area contributed by atoms with Crippen molar-refractivity contribution in [3.8, 4) is 0 Å². The van der Waals surface area contributed by atoms with Gasteiger partial charge in [-0.05, 0) is 38.3 Å². The molecule has 1 aromatic rings. The van der Waals surface area contributed by atoms with Crippen LogP contribution < -0.4 is 0 Å². The van der Waals surface area contributed by atoms with Crippen LogP contribution in [0.4, 0.5) is 0 Å². The normalized spacial score (nSPS) is 12.2. The Labute approximate surface area is 122 Å². The van der Waals surface area contributed by atoms with Gasteiger partial charge >= 0.3 is 5.97 Å². The van der Waals surface area contributed by atoms with E-state index in [2.05, 4.69) is 6.92 Å². The Morgan fingerprint density at radius 3 is 2.40 bits per heavy atom. The summed E-state index contributed by atoms with van der Waals surface area (Å²) in [6.45, 7) is 7.92. The van der Waals surface area contributed by atoms with Crippen molar-refractivity contribution in [3.05, 3.63) is 34.9 Å². The minimum Gasteiger partial charge on any atom is -0.293 e. The van der Waals surface area contributed by atoms with E-state index in [1.54, 1.807) is 0 Å². The molecule has 0 heterocycles. The Morgan fingerprint density at radius 1 is 1.15 bits per heavy atom. The monoisotopic (exact) mass is 278 g/mol. The number of unbranched alkanes of at least 4 members (excludes halogenated alkanes) is 3. The van der Waals surface area contributed by atoms with Gasteiger partial charge in [-0.1, -0.05) is 50.8 Å². The molecule has 1 aromatic carbocycles. The minimum atomic E-state index is -0.402. The lowest BCUT2D eigenvalue weighted by molar-refractivity contribution is -0.271. The third-order valence-electron chi connectivity index (χ3n) is 3.44. The molecule has 3 heteroatoms. The van der Waals surface area contributed by atoms with Crippen LogP contribution in [0.3, 0.4) is 0 Å². The number of rotatable bonds is 8. The molecule has 1 rings (SSSR count). The van der Waals surface area contributed by atoms with Crippen LogP contribution in [0.25, 0.3) is 0 Å². The molecule has 0 bridgehead atoms. The highest BCUT2D eigenvalue weighted by Crippen LogP contribution is 2.16. The number of carbonyl (C=O) groups is 1. The van der Waals surface area contributed by atoms with Crippen LogP contribution in [-0.2, 0) is 9.78 Å². The van der Waals surface area contributed by atoms with Crippen LogP contribution in [0, 0.1) is 13.8 Å². The summed E-state index contributed by atoms with van der Waals surface area (Å²) in [5.74, 6) is -0.402. The van der Waals surface area contributed by atoms with Gasteiger partial charge in [-0.25, -0.2) is 4.79 Å². The maximum absolute atomic E-state index is 12.0. The fourth-order valence-corrected chi connectivity index (χ4v) is 2.21. The first-order valence-electron chi connectivity index (χ1n) is 7.50. The predicted molar refractivity (Wildman–Crippen MR) is 80.6 cm³/mol. The largest absolute Gasteiger partial charge is 0.373 e. The van der Waals surface area contributed by atoms with Crippen LogP contribution >= 0.6 is 0 Å². The van der Waals surface area contributed by atoms with Gasteiger partial charge in [-0.3, -0.25) is 4.89 Å². The first kappa shape index (κ1) is 16.7. The second kappa shape index (κ2) is 8.75. The molecule has 0 saturated heterocycles. The lowest BCUT2D eigenvalue weighted by Crippen LogP contribution is -2.15. The summed E-state index contributed by atoms with van der Waals surface area (Å²) in [4.78, 5) is 22.2. The number of benzene rings is 1. The van der Waals surface area contributed by atoms with Crippen LogP contribution in [-0.4, -0.2) is 12.1 Å². The lowest BCUT2D eigenvalue weighted by Gasteiger charge is -2.13. The van der Waals surface area contributed by atoms with E-state index in [0.717, 1.165) is 24.0 Å². The number of aryl methyl sites for hydroxylation is 2. The fraction of sp³-hybridized carbons (Fsp3) is 0.588. The molecule has 0 fully saturated rings. The van der Waals surface area contributed by atoms with E-state index >= 15 is 0 Å². The highest BCUT2D eigenvalue weighted by molar-refractivity contribution is 5.92. The lowest BCUT2D eigenvalue weighted by atomic mass is 10.0. The number of hydrogen-bond acceptors (Lipinski definition) is 3. The van der Waals surface area contributed by atoms with Gasteiger partial charge in [0, 0.05) is 0 Å². The summed E-state index contributed by atoms with van der Waals surface area (Å²) < 4.78 is 0. The van der Waals surface area contributed by atoms with Gasteiger partial charge in [0.1, 0.15) is 6.10 Å². The zero-order valence-electron chi connectivity index (χ0n) is 13.1. The van der Waals surface area contributed by atoms with Crippen LogP contribution in [0.2, 0.25) is 0 Å². The molecule has 0 aliphatic heterocycles. The summed E-state index contributed by atoms with van der Waals surface area (Å²) in [6, 6.07) is 5.73. The Morgan fingerprint density at radius 2 is 1.80 bits per heavy atom. The SMILES string of the molecule is CCCCCCC(C)OOC(=O)c1c(C)cccc1C. The molecule has 112 valence electrons. The van der Waals surface area contributed by atoms with Crippen molar-refractivity contribution in [2.24, 2.45) is 0 Å². The summed E-state index contributed by atoms with van der Waals surface area (Å²) in [6.07, 6.45) is 5.64. The van der Waals surface area contributed by atoms with Crippen molar-refractivity contribution < 1.29 is 14.6 Å². The summed E-state index contributed by atoms with van der Waals surface area (Å²) in [5.41, 5.74) is 2.43. The molecule has 0 radical (unpaired) electrons. The molecule has 0 aliphatic rings. The van der Waals surface area contributed by atoms with E-state index in [1.165, 1.54) is 19.3 Å². The van der Waals surface area contributed by atoms with Crippen molar-refractivity contribution in [3.63, 3.8) is 0 Å². The second-order valence-electron chi connectivity index (χ2n) is 5.39. The molecule has 20 heavy (non-hydrogen) atoms. The average Bonchev–Trinajstić information content (AvgIpc) is 2.41. The molecule has 1 unspecified atom stereocenters. The van der Waals surface area contributed by atoms with Gasteiger partial charge < -0.3 is 0 Å². The van der Waals surface area contributed by atoms with Crippen LogP contribution in [0.1, 0.15) is 67.4 Å². The van der Waals surface area contributed by atoms with Crippen molar-refractivity contribution in [2.75, 3.05) is 0 Å². The highest BCUT2D eigenvalue weighted by atomic mass is 17.2. The van der Waals surface area contributed by atoms with Crippen LogP contribution in [0.5, 0.6) is 0 Å². The Hall–Kier alpha value is -1.35. The minimum absolute atomic E-state index is 0.0554. The topological polar surface area (TPSA) is 35.5 Å². The van der Waals surface area contributed by atoms with Crippen LogP contribution in [0.15, 0.2) is 18.2 Å². The molecule has 1 atom stereocenters. The smallest absolute Gasteiger partial charge is 0.293 e. The van der Waals surface area contributed by atoms with E-state index in [9.17, 15) is 4.79 Å². The quantitative estimate of drug-likeness (QED) is 0.391. The molecule has 0 spiro atoms. The molecular weight excluding hydrogens is 252 g/mol. The summed E-state index contributed by atoms with van der Waals surface area (Å²) in [7, 11) is 0. The highest BCUT2D eigenvalue weighted by Gasteiger charge is 2.15. The fourth-order valence-electron chi connectivity index (χ4n) is 2.21. The van der Waals surface area contributed by atoms with Crippen molar-refractivity contribution in [2.45, 2.75) is 65.9 Å². The summed E-state index contributed by atoms with van der Waals surface area (Å²) in [5, 5.41) is 0. The van der Waals surface area contributed by atoms with Gasteiger partial charge in [0.15, 0.2) is 0 Å². The number of hydrogen-bond donors (Lipinski definition) is 0. The Kier molecular flexibility index (Phi) is 7.31. The van der Waals surface area contributed by atoms with E-state index in [0.29, 0.717) is 5.56 Å².